The number of carbonyl (C=O) groups excluding carboxylic acids is 2. The number of halogens is 1. The number of anilines is 1. The van der Waals surface area contributed by atoms with Crippen molar-refractivity contribution in [3.8, 4) is 11.4 Å². The Morgan fingerprint density at radius 3 is 2.55 bits per heavy atom. The van der Waals surface area contributed by atoms with Gasteiger partial charge in [-0.2, -0.15) is 5.10 Å². The molecule has 0 bridgehead atoms. The molecule has 9 nitrogen and oxygen atoms in total. The zero-order chi connectivity index (χ0) is 23.4. The Morgan fingerprint density at radius 2 is 1.88 bits per heavy atom. The highest BCUT2D eigenvalue weighted by Crippen LogP contribution is 2.28. The number of benzene rings is 2. The van der Waals surface area contributed by atoms with Gasteiger partial charge in [0.25, 0.3) is 0 Å². The number of aromatic hydroxyl groups is 1. The molecular weight excluding hydrogens is 444 g/mol. The summed E-state index contributed by atoms with van der Waals surface area (Å²) in [7, 11) is 0. The Kier molecular flexibility index (Phi) is 6.79. The molecule has 1 fully saturated rings. The smallest absolute Gasteiger partial charge is 0.317 e. The number of phenolic OH excluding ortho intramolecular Hbond substituents is 1. The molecule has 1 atom stereocenters. The lowest BCUT2D eigenvalue weighted by molar-refractivity contribution is -0.121. The number of carbonyl (C=O) groups is 2. The third-order valence-electron chi connectivity index (χ3n) is 5.79. The molecule has 0 aliphatic carbocycles. The van der Waals surface area contributed by atoms with Crippen LogP contribution < -0.4 is 10.6 Å². The van der Waals surface area contributed by atoms with E-state index in [9.17, 15) is 14.7 Å². The Balaban J connectivity index is 1.27. The highest BCUT2D eigenvalue weighted by Gasteiger charge is 2.28. The number of nitrogens with zero attached hydrogens (tertiary/aromatic N) is 4. The fraction of sp³-hybridized carbons (Fsp3) is 0.304. The van der Waals surface area contributed by atoms with E-state index < -0.39 is 0 Å². The van der Waals surface area contributed by atoms with Crippen LogP contribution in [0.15, 0.2) is 55.1 Å². The second kappa shape index (κ2) is 9.91. The number of amides is 3. The minimum Gasteiger partial charge on any atom is -0.506 e. The van der Waals surface area contributed by atoms with Crippen LogP contribution in [0.2, 0.25) is 5.02 Å². The van der Waals surface area contributed by atoms with E-state index in [1.165, 1.54) is 18.5 Å². The SMILES string of the molecule is CC(NC(=O)N1CCC(C(=O)Nc2cc(Cl)ccc2O)CC1)c1ccc(-n2cncn2)cc1. The molecule has 0 radical (unpaired) electrons. The molecule has 10 heteroatoms. The lowest BCUT2D eigenvalue weighted by atomic mass is 9.96. The lowest BCUT2D eigenvalue weighted by Crippen LogP contribution is -2.46. The average Bonchev–Trinajstić information content (AvgIpc) is 3.36. The van der Waals surface area contributed by atoms with Crippen molar-refractivity contribution in [1.29, 1.82) is 0 Å². The minimum atomic E-state index is -0.241. The van der Waals surface area contributed by atoms with Crippen LogP contribution in [0.25, 0.3) is 5.69 Å². The van der Waals surface area contributed by atoms with Crippen LogP contribution in [-0.2, 0) is 4.79 Å². The first-order valence-electron chi connectivity index (χ1n) is 10.7. The zero-order valence-electron chi connectivity index (χ0n) is 18.1. The summed E-state index contributed by atoms with van der Waals surface area (Å²) in [6, 6.07) is 11.9. The Hall–Kier alpha value is -3.59. The summed E-state index contributed by atoms with van der Waals surface area (Å²) in [5.74, 6) is -0.462. The van der Waals surface area contributed by atoms with Crippen LogP contribution in [0.4, 0.5) is 10.5 Å². The van der Waals surface area contributed by atoms with Crippen molar-refractivity contribution >= 4 is 29.2 Å². The molecule has 0 spiro atoms. The predicted molar refractivity (Wildman–Crippen MR) is 124 cm³/mol. The highest BCUT2D eigenvalue weighted by molar-refractivity contribution is 6.31. The molecule has 1 aliphatic rings. The first-order valence-corrected chi connectivity index (χ1v) is 11.1. The van der Waals surface area contributed by atoms with Gasteiger partial charge in [-0.1, -0.05) is 23.7 Å². The number of aromatic nitrogens is 3. The van der Waals surface area contributed by atoms with E-state index in [1.54, 1.807) is 22.0 Å². The van der Waals surface area contributed by atoms with Gasteiger partial charge < -0.3 is 20.6 Å². The normalized spacial score (nSPS) is 15.2. The van der Waals surface area contributed by atoms with Crippen LogP contribution in [0, 0.1) is 5.92 Å². The van der Waals surface area contributed by atoms with E-state index in [0.29, 0.717) is 31.0 Å². The van der Waals surface area contributed by atoms with E-state index in [2.05, 4.69) is 20.7 Å². The van der Waals surface area contributed by atoms with Crippen molar-refractivity contribution in [3.05, 3.63) is 65.7 Å². The van der Waals surface area contributed by atoms with Gasteiger partial charge in [0, 0.05) is 24.0 Å². The van der Waals surface area contributed by atoms with Crippen LogP contribution >= 0.6 is 11.6 Å². The molecule has 3 aromatic rings. The first kappa shape index (κ1) is 22.6. The number of piperidine rings is 1. The van der Waals surface area contributed by atoms with Gasteiger partial charge in [0.15, 0.2) is 0 Å². The molecule has 0 saturated carbocycles. The summed E-state index contributed by atoms with van der Waals surface area (Å²) >= 11 is 5.94. The fourth-order valence-electron chi connectivity index (χ4n) is 3.81. The number of phenols is 1. The molecule has 2 heterocycles. The molecular formula is C23H25ClN6O3. The van der Waals surface area contributed by atoms with Gasteiger partial charge in [0.2, 0.25) is 5.91 Å². The number of hydrogen-bond donors (Lipinski definition) is 3. The highest BCUT2D eigenvalue weighted by atomic mass is 35.5. The summed E-state index contributed by atoms with van der Waals surface area (Å²) in [5.41, 5.74) is 2.15. The first-order chi connectivity index (χ1) is 15.9. The summed E-state index contributed by atoms with van der Waals surface area (Å²) in [4.78, 5) is 31.0. The Morgan fingerprint density at radius 1 is 1.15 bits per heavy atom. The molecule has 1 aliphatic heterocycles. The topological polar surface area (TPSA) is 112 Å². The van der Waals surface area contributed by atoms with Crippen LogP contribution in [0.1, 0.15) is 31.4 Å². The molecule has 4 rings (SSSR count). The monoisotopic (exact) mass is 468 g/mol. The second-order valence-electron chi connectivity index (χ2n) is 8.01. The molecule has 1 unspecified atom stereocenters. The predicted octanol–water partition coefficient (Wildman–Crippen LogP) is 3.75. The van der Waals surface area contributed by atoms with Crippen LogP contribution in [-0.4, -0.2) is 49.8 Å². The third kappa shape index (κ3) is 5.43. The van der Waals surface area contributed by atoms with Crippen molar-refractivity contribution in [3.63, 3.8) is 0 Å². The van der Waals surface area contributed by atoms with Crippen molar-refractivity contribution in [2.75, 3.05) is 18.4 Å². The molecule has 3 amide bonds. The van der Waals surface area contributed by atoms with Crippen molar-refractivity contribution in [1.82, 2.24) is 25.0 Å². The van der Waals surface area contributed by atoms with Crippen molar-refractivity contribution in [2.45, 2.75) is 25.8 Å². The molecule has 172 valence electrons. The summed E-state index contributed by atoms with van der Waals surface area (Å²) in [6.45, 7) is 2.88. The number of rotatable bonds is 5. The third-order valence-corrected chi connectivity index (χ3v) is 6.02. The Labute approximate surface area is 196 Å². The minimum absolute atomic E-state index is 0.0344. The van der Waals surface area contributed by atoms with Crippen molar-refractivity contribution in [2.24, 2.45) is 5.92 Å². The molecule has 1 saturated heterocycles. The van der Waals surface area contributed by atoms with Gasteiger partial charge in [0.1, 0.15) is 18.4 Å². The number of hydrogen-bond acceptors (Lipinski definition) is 5. The van der Waals surface area contributed by atoms with Gasteiger partial charge in [-0.25, -0.2) is 14.5 Å². The van der Waals surface area contributed by atoms with Gasteiger partial charge in [-0.15, -0.1) is 0 Å². The number of urea groups is 1. The van der Waals surface area contributed by atoms with E-state index in [4.69, 9.17) is 11.6 Å². The van der Waals surface area contributed by atoms with E-state index in [-0.39, 0.29) is 35.3 Å². The molecule has 3 N–H and O–H groups in total. The van der Waals surface area contributed by atoms with E-state index in [1.807, 2.05) is 31.2 Å². The quantitative estimate of drug-likeness (QED) is 0.494. The molecule has 33 heavy (non-hydrogen) atoms. The van der Waals surface area contributed by atoms with Gasteiger partial charge in [0.05, 0.1) is 17.4 Å². The zero-order valence-corrected chi connectivity index (χ0v) is 18.9. The van der Waals surface area contributed by atoms with Crippen molar-refractivity contribution < 1.29 is 14.7 Å². The Bertz CT molecular complexity index is 1110. The summed E-state index contributed by atoms with van der Waals surface area (Å²) in [5, 5.41) is 20.2. The van der Waals surface area contributed by atoms with Gasteiger partial charge in [-0.05, 0) is 55.7 Å². The summed E-state index contributed by atoms with van der Waals surface area (Å²) < 4.78 is 1.67. The van der Waals surface area contributed by atoms with Crippen LogP contribution in [0.3, 0.4) is 0 Å². The van der Waals surface area contributed by atoms with Gasteiger partial charge in [-0.3, -0.25) is 4.79 Å². The maximum absolute atomic E-state index is 12.7. The number of nitrogens with one attached hydrogen (secondary N) is 2. The maximum atomic E-state index is 12.7. The fourth-order valence-corrected chi connectivity index (χ4v) is 3.98. The summed E-state index contributed by atoms with van der Waals surface area (Å²) in [6.07, 6.45) is 4.19. The second-order valence-corrected chi connectivity index (χ2v) is 8.45. The van der Waals surface area contributed by atoms with Gasteiger partial charge >= 0.3 is 6.03 Å². The van der Waals surface area contributed by atoms with E-state index in [0.717, 1.165) is 11.3 Å². The lowest BCUT2D eigenvalue weighted by Gasteiger charge is -2.32. The van der Waals surface area contributed by atoms with Crippen LogP contribution in [0.5, 0.6) is 5.75 Å². The molecule has 1 aromatic heterocycles. The largest absolute Gasteiger partial charge is 0.506 e. The number of likely N-dealkylation sites (tertiary alicyclic amines) is 1. The standard InChI is InChI=1S/C23H25ClN6O3/c1-15(16-2-5-19(6-3-16)30-14-25-13-26-30)27-23(33)29-10-8-17(9-11-29)22(32)28-20-12-18(24)4-7-21(20)31/h2-7,12-15,17,31H,8-11H2,1H3,(H,27,33)(H,28,32). The average molecular weight is 469 g/mol. The molecule has 2 aromatic carbocycles. The van der Waals surface area contributed by atoms with E-state index >= 15 is 0 Å². The maximum Gasteiger partial charge on any atom is 0.317 e.